The predicted octanol–water partition coefficient (Wildman–Crippen LogP) is 4.77. The van der Waals surface area contributed by atoms with Crippen LogP contribution in [0.2, 0.25) is 0 Å². The maximum atomic E-state index is 12.8. The number of aromatic nitrogens is 1. The third kappa shape index (κ3) is 3.74. The highest BCUT2D eigenvalue weighted by molar-refractivity contribution is 9.10. The van der Waals surface area contributed by atoms with E-state index in [9.17, 15) is 4.39 Å². The van der Waals surface area contributed by atoms with Gasteiger partial charge in [-0.15, -0.1) is 0 Å². The first kappa shape index (κ1) is 14.4. The van der Waals surface area contributed by atoms with Crippen LogP contribution in [0.3, 0.4) is 0 Å². The molecule has 1 aromatic carbocycles. The smallest absolute Gasteiger partial charge is 0.291 e. The average molecular weight is 358 g/mol. The SMILES string of the molecule is Fc1ccc(Oc2ccc(C#Cc3cccc(Br)n3)o2)cc1. The summed E-state index contributed by atoms with van der Waals surface area (Å²) < 4.78 is 24.4. The summed E-state index contributed by atoms with van der Waals surface area (Å²) in [5.41, 5.74) is 0.631. The van der Waals surface area contributed by atoms with Crippen molar-refractivity contribution in [3.8, 4) is 23.5 Å². The normalized spacial score (nSPS) is 9.91. The highest BCUT2D eigenvalue weighted by Crippen LogP contribution is 2.23. The van der Waals surface area contributed by atoms with Gasteiger partial charge < -0.3 is 9.15 Å². The molecule has 0 saturated heterocycles. The van der Waals surface area contributed by atoms with Gasteiger partial charge in [0.25, 0.3) is 5.95 Å². The minimum absolute atomic E-state index is 0.290. The topological polar surface area (TPSA) is 35.3 Å². The van der Waals surface area contributed by atoms with Gasteiger partial charge in [-0.05, 0) is 70.2 Å². The molecular weight excluding hydrogens is 349 g/mol. The molecule has 22 heavy (non-hydrogen) atoms. The Balaban J connectivity index is 1.73. The van der Waals surface area contributed by atoms with Crippen LogP contribution < -0.4 is 4.74 Å². The molecule has 0 saturated carbocycles. The molecule has 3 rings (SSSR count). The maximum absolute atomic E-state index is 12.8. The predicted molar refractivity (Wildman–Crippen MR) is 83.1 cm³/mol. The van der Waals surface area contributed by atoms with Gasteiger partial charge in [-0.1, -0.05) is 6.07 Å². The average Bonchev–Trinajstić information content (AvgIpc) is 2.95. The van der Waals surface area contributed by atoms with E-state index in [-0.39, 0.29) is 11.8 Å². The number of benzene rings is 1. The lowest BCUT2D eigenvalue weighted by molar-refractivity contribution is 0.343. The number of pyridine rings is 1. The second-order valence-corrected chi connectivity index (χ2v) is 5.08. The van der Waals surface area contributed by atoms with Crippen LogP contribution in [0.25, 0.3) is 0 Å². The van der Waals surface area contributed by atoms with Crippen molar-refractivity contribution in [2.24, 2.45) is 0 Å². The van der Waals surface area contributed by atoms with Crippen LogP contribution in [-0.2, 0) is 0 Å². The standard InChI is InChI=1S/C17H9BrFNO2/c18-16-3-1-2-13(20-16)6-9-15-10-11-17(22-15)21-14-7-4-12(19)5-8-14/h1-5,7-8,10-11H. The van der Waals surface area contributed by atoms with Crippen LogP contribution in [0.1, 0.15) is 11.5 Å². The van der Waals surface area contributed by atoms with Crippen molar-refractivity contribution in [3.05, 3.63) is 76.5 Å². The second-order valence-electron chi connectivity index (χ2n) is 4.27. The summed E-state index contributed by atoms with van der Waals surface area (Å²) in [5.74, 6) is 6.68. The highest BCUT2D eigenvalue weighted by atomic mass is 79.9. The molecule has 5 heteroatoms. The summed E-state index contributed by atoms with van der Waals surface area (Å²) in [6, 6.07) is 14.5. The lowest BCUT2D eigenvalue weighted by atomic mass is 10.3. The maximum Gasteiger partial charge on any atom is 0.291 e. The molecule has 0 atom stereocenters. The molecule has 0 N–H and O–H groups in total. The van der Waals surface area contributed by atoms with E-state index in [1.165, 1.54) is 24.3 Å². The van der Waals surface area contributed by atoms with E-state index in [4.69, 9.17) is 9.15 Å². The van der Waals surface area contributed by atoms with E-state index in [2.05, 4.69) is 32.8 Å². The lowest BCUT2D eigenvalue weighted by Crippen LogP contribution is -1.82. The van der Waals surface area contributed by atoms with E-state index in [1.807, 2.05) is 12.1 Å². The van der Waals surface area contributed by atoms with Crippen molar-refractivity contribution in [2.75, 3.05) is 0 Å². The summed E-state index contributed by atoms with van der Waals surface area (Å²) in [6.07, 6.45) is 0. The Hall–Kier alpha value is -2.58. The van der Waals surface area contributed by atoms with E-state index >= 15 is 0 Å². The van der Waals surface area contributed by atoms with Gasteiger partial charge in [0.2, 0.25) is 0 Å². The second kappa shape index (κ2) is 6.46. The minimum atomic E-state index is -0.320. The van der Waals surface area contributed by atoms with Crippen LogP contribution in [0.5, 0.6) is 11.7 Å². The molecule has 0 aliphatic rings. The Morgan fingerprint density at radius 1 is 1.00 bits per heavy atom. The summed E-state index contributed by atoms with van der Waals surface area (Å²) in [7, 11) is 0. The van der Waals surface area contributed by atoms with E-state index < -0.39 is 0 Å². The van der Waals surface area contributed by atoms with Crippen molar-refractivity contribution in [2.45, 2.75) is 0 Å². The van der Waals surface area contributed by atoms with E-state index in [0.29, 0.717) is 17.2 Å². The lowest BCUT2D eigenvalue weighted by Gasteiger charge is -2.00. The molecule has 0 unspecified atom stereocenters. The Morgan fingerprint density at radius 3 is 2.59 bits per heavy atom. The van der Waals surface area contributed by atoms with Crippen LogP contribution in [0.4, 0.5) is 4.39 Å². The van der Waals surface area contributed by atoms with Crippen LogP contribution in [0.15, 0.2) is 63.6 Å². The monoisotopic (exact) mass is 357 g/mol. The Labute approximate surface area is 134 Å². The first-order valence-corrected chi connectivity index (χ1v) is 7.16. The van der Waals surface area contributed by atoms with Gasteiger partial charge in [0.15, 0.2) is 5.76 Å². The van der Waals surface area contributed by atoms with Crippen molar-refractivity contribution in [3.63, 3.8) is 0 Å². The van der Waals surface area contributed by atoms with Crippen molar-refractivity contribution < 1.29 is 13.5 Å². The first-order chi connectivity index (χ1) is 10.7. The fourth-order valence-corrected chi connectivity index (χ4v) is 2.01. The van der Waals surface area contributed by atoms with Crippen molar-refractivity contribution >= 4 is 15.9 Å². The third-order valence-corrected chi connectivity index (χ3v) is 3.08. The van der Waals surface area contributed by atoms with Gasteiger partial charge in [-0.2, -0.15) is 0 Å². The third-order valence-electron chi connectivity index (χ3n) is 2.64. The number of halogens is 2. The molecule has 108 valence electrons. The van der Waals surface area contributed by atoms with E-state index in [0.717, 1.165) is 4.60 Å². The molecule has 0 fully saturated rings. The zero-order valence-corrected chi connectivity index (χ0v) is 12.8. The van der Waals surface area contributed by atoms with Crippen molar-refractivity contribution in [1.82, 2.24) is 4.98 Å². The van der Waals surface area contributed by atoms with Gasteiger partial charge in [-0.3, -0.25) is 0 Å². The highest BCUT2D eigenvalue weighted by Gasteiger charge is 2.03. The van der Waals surface area contributed by atoms with Crippen LogP contribution in [-0.4, -0.2) is 4.98 Å². The minimum Gasteiger partial charge on any atom is -0.426 e. The fraction of sp³-hybridized carbons (Fsp3) is 0. The van der Waals surface area contributed by atoms with Gasteiger partial charge in [0, 0.05) is 6.07 Å². The molecule has 0 aliphatic carbocycles. The summed E-state index contributed by atoms with van der Waals surface area (Å²) in [5, 5.41) is 0. The largest absolute Gasteiger partial charge is 0.426 e. The van der Waals surface area contributed by atoms with Crippen molar-refractivity contribution in [1.29, 1.82) is 0 Å². The number of hydrogen-bond acceptors (Lipinski definition) is 3. The first-order valence-electron chi connectivity index (χ1n) is 6.37. The molecule has 0 aliphatic heterocycles. The van der Waals surface area contributed by atoms with Gasteiger partial charge in [0.1, 0.15) is 21.9 Å². The molecule has 0 amide bonds. The number of furan rings is 1. The van der Waals surface area contributed by atoms with Crippen LogP contribution in [0, 0.1) is 17.7 Å². The zero-order chi connectivity index (χ0) is 15.4. The molecule has 0 radical (unpaired) electrons. The van der Waals surface area contributed by atoms with Gasteiger partial charge in [-0.25, -0.2) is 9.37 Å². The molecular formula is C17H9BrFNO2. The molecule has 0 bridgehead atoms. The molecule has 3 nitrogen and oxygen atoms in total. The summed E-state index contributed by atoms with van der Waals surface area (Å²) in [6.45, 7) is 0. The molecule has 2 aromatic heterocycles. The Bertz CT molecular complexity index is 847. The van der Waals surface area contributed by atoms with Gasteiger partial charge in [0.05, 0.1) is 0 Å². The molecule has 0 spiro atoms. The van der Waals surface area contributed by atoms with Crippen LogP contribution >= 0.6 is 15.9 Å². The number of nitrogens with zero attached hydrogens (tertiary/aromatic N) is 1. The summed E-state index contributed by atoms with van der Waals surface area (Å²) in [4.78, 5) is 4.21. The zero-order valence-electron chi connectivity index (χ0n) is 11.2. The number of rotatable bonds is 2. The Morgan fingerprint density at radius 2 is 1.82 bits per heavy atom. The fourth-order valence-electron chi connectivity index (χ4n) is 1.66. The van der Waals surface area contributed by atoms with E-state index in [1.54, 1.807) is 18.2 Å². The Kier molecular flexibility index (Phi) is 4.22. The van der Waals surface area contributed by atoms with Gasteiger partial charge >= 0.3 is 0 Å². The summed E-state index contributed by atoms with van der Waals surface area (Å²) >= 11 is 3.29. The number of hydrogen-bond donors (Lipinski definition) is 0. The quantitative estimate of drug-likeness (QED) is 0.489. The molecule has 3 aromatic rings. The molecule has 2 heterocycles. The number of ether oxygens (including phenoxy) is 1.